The van der Waals surface area contributed by atoms with Gasteiger partial charge in [0.15, 0.2) is 0 Å². The largest absolute Gasteiger partial charge is 0.508 e. The molecule has 1 aliphatic heterocycles. The molecule has 1 fully saturated rings. The van der Waals surface area contributed by atoms with Crippen molar-refractivity contribution in [2.24, 2.45) is 0 Å². The SMILES string of the molecule is O=C1CCC(OCc2ccc(O)cc2)N1. The van der Waals surface area contributed by atoms with E-state index in [1.807, 2.05) is 0 Å². The normalized spacial score (nSPS) is 20.3. The Morgan fingerprint density at radius 3 is 2.73 bits per heavy atom. The molecule has 1 unspecified atom stereocenters. The number of benzene rings is 1. The molecule has 1 atom stereocenters. The Morgan fingerprint density at radius 1 is 1.40 bits per heavy atom. The first-order chi connectivity index (χ1) is 7.24. The van der Waals surface area contributed by atoms with Crippen LogP contribution in [-0.2, 0) is 16.1 Å². The lowest BCUT2D eigenvalue weighted by Crippen LogP contribution is -2.27. The maximum absolute atomic E-state index is 10.9. The van der Waals surface area contributed by atoms with Gasteiger partial charge in [-0.15, -0.1) is 0 Å². The minimum atomic E-state index is -0.161. The van der Waals surface area contributed by atoms with E-state index in [4.69, 9.17) is 9.84 Å². The first kappa shape index (κ1) is 9.98. The summed E-state index contributed by atoms with van der Waals surface area (Å²) in [5.74, 6) is 0.290. The molecule has 1 heterocycles. The standard InChI is InChI=1S/C11H13NO3/c13-9-3-1-8(2-4-9)7-15-11-6-5-10(14)12-11/h1-4,11,13H,5-7H2,(H,12,14). The van der Waals surface area contributed by atoms with Crippen molar-refractivity contribution >= 4 is 5.91 Å². The molecule has 1 aromatic carbocycles. The molecule has 1 aliphatic rings. The molecule has 0 aliphatic carbocycles. The van der Waals surface area contributed by atoms with E-state index < -0.39 is 0 Å². The van der Waals surface area contributed by atoms with Crippen LogP contribution in [0.3, 0.4) is 0 Å². The van der Waals surface area contributed by atoms with Crippen LogP contribution < -0.4 is 5.32 Å². The van der Waals surface area contributed by atoms with Gasteiger partial charge in [-0.1, -0.05) is 12.1 Å². The number of carbonyl (C=O) groups is 1. The van der Waals surface area contributed by atoms with Crippen LogP contribution in [0.4, 0.5) is 0 Å². The van der Waals surface area contributed by atoms with Gasteiger partial charge in [0.25, 0.3) is 0 Å². The molecule has 2 rings (SSSR count). The van der Waals surface area contributed by atoms with E-state index in [1.54, 1.807) is 24.3 Å². The average molecular weight is 207 g/mol. The third kappa shape index (κ3) is 2.70. The number of rotatable bonds is 3. The highest BCUT2D eigenvalue weighted by Crippen LogP contribution is 2.13. The molecule has 4 heteroatoms. The second-order valence-corrected chi connectivity index (χ2v) is 3.57. The summed E-state index contributed by atoms with van der Waals surface area (Å²) in [7, 11) is 0. The first-order valence-electron chi connectivity index (χ1n) is 4.93. The topological polar surface area (TPSA) is 58.6 Å². The van der Waals surface area contributed by atoms with Crippen LogP contribution in [0, 0.1) is 0 Å². The first-order valence-corrected chi connectivity index (χ1v) is 4.93. The van der Waals surface area contributed by atoms with Crippen molar-refractivity contribution in [3.63, 3.8) is 0 Å². The van der Waals surface area contributed by atoms with Crippen molar-refractivity contribution in [2.45, 2.75) is 25.7 Å². The van der Waals surface area contributed by atoms with Gasteiger partial charge in [0.2, 0.25) is 5.91 Å². The van der Waals surface area contributed by atoms with Crippen LogP contribution in [0.5, 0.6) is 5.75 Å². The fraction of sp³-hybridized carbons (Fsp3) is 0.364. The molecule has 1 saturated heterocycles. The van der Waals surface area contributed by atoms with Gasteiger partial charge in [-0.25, -0.2) is 0 Å². The van der Waals surface area contributed by atoms with Crippen molar-refractivity contribution in [2.75, 3.05) is 0 Å². The number of amides is 1. The molecule has 0 spiro atoms. The Balaban J connectivity index is 1.83. The maximum Gasteiger partial charge on any atom is 0.222 e. The summed E-state index contributed by atoms with van der Waals surface area (Å²) >= 11 is 0. The summed E-state index contributed by atoms with van der Waals surface area (Å²) in [5, 5.41) is 11.8. The fourth-order valence-electron chi connectivity index (χ4n) is 1.50. The fourth-order valence-corrected chi connectivity index (χ4v) is 1.50. The molecule has 0 saturated carbocycles. The molecular formula is C11H13NO3. The number of ether oxygens (including phenoxy) is 1. The van der Waals surface area contributed by atoms with Gasteiger partial charge in [0.1, 0.15) is 12.0 Å². The Kier molecular flexibility index (Phi) is 2.87. The summed E-state index contributed by atoms with van der Waals surface area (Å²) in [6.07, 6.45) is 1.11. The lowest BCUT2D eigenvalue weighted by Gasteiger charge is -2.11. The summed E-state index contributed by atoms with van der Waals surface area (Å²) in [6, 6.07) is 6.83. The van der Waals surface area contributed by atoms with Crippen LogP contribution in [0.25, 0.3) is 0 Å². The lowest BCUT2D eigenvalue weighted by atomic mass is 10.2. The van der Waals surface area contributed by atoms with Crippen LogP contribution in [0.15, 0.2) is 24.3 Å². The van der Waals surface area contributed by atoms with Crippen molar-refractivity contribution in [1.82, 2.24) is 5.32 Å². The summed E-state index contributed by atoms with van der Waals surface area (Å²) < 4.78 is 5.49. The Bertz CT molecular complexity index is 347. The zero-order valence-electron chi connectivity index (χ0n) is 8.27. The van der Waals surface area contributed by atoms with Gasteiger partial charge >= 0.3 is 0 Å². The third-order valence-corrected chi connectivity index (χ3v) is 2.34. The molecule has 0 bridgehead atoms. The Morgan fingerprint density at radius 2 is 2.13 bits per heavy atom. The quantitative estimate of drug-likeness (QED) is 0.781. The smallest absolute Gasteiger partial charge is 0.222 e. The number of phenolic OH excluding ortho intramolecular Hbond substituents is 1. The van der Waals surface area contributed by atoms with Gasteiger partial charge in [-0.05, 0) is 17.7 Å². The number of nitrogens with one attached hydrogen (secondary N) is 1. The summed E-state index contributed by atoms with van der Waals surface area (Å²) in [6.45, 7) is 0.450. The van der Waals surface area contributed by atoms with Crippen molar-refractivity contribution in [3.05, 3.63) is 29.8 Å². The number of hydrogen-bond acceptors (Lipinski definition) is 3. The Labute approximate surface area is 87.9 Å². The van der Waals surface area contributed by atoms with E-state index in [2.05, 4.69) is 5.32 Å². The molecule has 0 aromatic heterocycles. The van der Waals surface area contributed by atoms with Crippen molar-refractivity contribution in [1.29, 1.82) is 0 Å². The van der Waals surface area contributed by atoms with Crippen molar-refractivity contribution < 1.29 is 14.6 Å². The van der Waals surface area contributed by atoms with Gasteiger partial charge in [-0.2, -0.15) is 0 Å². The van der Waals surface area contributed by atoms with E-state index in [0.717, 1.165) is 12.0 Å². The number of carbonyl (C=O) groups excluding carboxylic acids is 1. The highest BCUT2D eigenvalue weighted by molar-refractivity contribution is 5.78. The predicted molar refractivity (Wildman–Crippen MR) is 54.1 cm³/mol. The molecule has 1 amide bonds. The van der Waals surface area contributed by atoms with Crippen LogP contribution in [0.1, 0.15) is 18.4 Å². The van der Waals surface area contributed by atoms with Crippen LogP contribution in [0.2, 0.25) is 0 Å². The van der Waals surface area contributed by atoms with Gasteiger partial charge in [0, 0.05) is 12.8 Å². The van der Waals surface area contributed by atoms with Crippen LogP contribution in [-0.4, -0.2) is 17.2 Å². The second kappa shape index (κ2) is 4.31. The minimum absolute atomic E-state index is 0.0470. The van der Waals surface area contributed by atoms with Gasteiger partial charge < -0.3 is 15.2 Å². The van der Waals surface area contributed by atoms with E-state index in [-0.39, 0.29) is 17.9 Å². The number of hydrogen-bond donors (Lipinski definition) is 2. The molecule has 0 radical (unpaired) electrons. The average Bonchev–Trinajstić information content (AvgIpc) is 2.64. The summed E-state index contributed by atoms with van der Waals surface area (Å²) in [5.41, 5.74) is 0.981. The summed E-state index contributed by atoms with van der Waals surface area (Å²) in [4.78, 5) is 10.9. The van der Waals surface area contributed by atoms with E-state index in [1.165, 1.54) is 0 Å². The molecular weight excluding hydrogens is 194 g/mol. The number of aromatic hydroxyl groups is 1. The monoisotopic (exact) mass is 207 g/mol. The predicted octanol–water partition coefficient (Wildman–Crippen LogP) is 1.14. The van der Waals surface area contributed by atoms with E-state index >= 15 is 0 Å². The molecule has 80 valence electrons. The maximum atomic E-state index is 10.9. The minimum Gasteiger partial charge on any atom is -0.508 e. The van der Waals surface area contributed by atoms with Crippen molar-refractivity contribution in [3.8, 4) is 5.75 Å². The third-order valence-electron chi connectivity index (χ3n) is 2.34. The lowest BCUT2D eigenvalue weighted by molar-refractivity contribution is -0.120. The van der Waals surface area contributed by atoms with Gasteiger partial charge in [-0.3, -0.25) is 4.79 Å². The second-order valence-electron chi connectivity index (χ2n) is 3.57. The molecule has 4 nitrogen and oxygen atoms in total. The Hall–Kier alpha value is -1.55. The van der Waals surface area contributed by atoms with E-state index in [0.29, 0.717) is 13.0 Å². The zero-order valence-corrected chi connectivity index (χ0v) is 8.27. The zero-order chi connectivity index (χ0) is 10.7. The highest BCUT2D eigenvalue weighted by Gasteiger charge is 2.20. The van der Waals surface area contributed by atoms with Gasteiger partial charge in [0.05, 0.1) is 6.61 Å². The van der Waals surface area contributed by atoms with Crippen LogP contribution >= 0.6 is 0 Å². The number of phenols is 1. The van der Waals surface area contributed by atoms with E-state index in [9.17, 15) is 4.79 Å². The molecule has 2 N–H and O–H groups in total. The molecule has 15 heavy (non-hydrogen) atoms. The highest BCUT2D eigenvalue weighted by atomic mass is 16.5. The molecule has 1 aromatic rings.